The van der Waals surface area contributed by atoms with Crippen LogP contribution < -0.4 is 4.90 Å². The molecule has 3 rings (SSSR count). The first-order valence-corrected chi connectivity index (χ1v) is 7.00. The summed E-state index contributed by atoms with van der Waals surface area (Å²) in [6, 6.07) is 9.39. The molecule has 1 aromatic carbocycles. The number of fused-ring (bicyclic) bond motifs is 1. The Morgan fingerprint density at radius 1 is 1.32 bits per heavy atom. The summed E-state index contributed by atoms with van der Waals surface area (Å²) >= 11 is 0. The van der Waals surface area contributed by atoms with Gasteiger partial charge in [-0.05, 0) is 42.9 Å². The lowest BCUT2D eigenvalue weighted by Crippen LogP contribution is -2.28. The van der Waals surface area contributed by atoms with Gasteiger partial charge in [0.1, 0.15) is 0 Å². The summed E-state index contributed by atoms with van der Waals surface area (Å²) in [6.07, 6.45) is 4.98. The van der Waals surface area contributed by atoms with Crippen LogP contribution in [0.25, 0.3) is 0 Å². The van der Waals surface area contributed by atoms with Crippen molar-refractivity contribution in [1.29, 1.82) is 5.26 Å². The maximum Gasteiger partial charge on any atom is 0.230 e. The Hall–Kier alpha value is -1.82. The molecule has 0 bridgehead atoms. The number of hydrogen-bond acceptors (Lipinski definition) is 2. The fourth-order valence-corrected chi connectivity index (χ4v) is 3.49. The fourth-order valence-electron chi connectivity index (χ4n) is 3.49. The number of benzene rings is 1. The van der Waals surface area contributed by atoms with Crippen molar-refractivity contribution in [3.8, 4) is 6.07 Å². The SMILES string of the molecule is CN(C(=O)C1C2CCCCC21)c1cccc(C#N)c1. The van der Waals surface area contributed by atoms with Crippen LogP contribution >= 0.6 is 0 Å². The number of carbonyl (C=O) groups excluding carboxylic acids is 1. The normalized spacial score (nSPS) is 28.1. The van der Waals surface area contributed by atoms with E-state index in [1.54, 1.807) is 17.0 Å². The van der Waals surface area contributed by atoms with Gasteiger partial charge in [0.25, 0.3) is 0 Å². The maximum atomic E-state index is 12.5. The van der Waals surface area contributed by atoms with Gasteiger partial charge in [-0.2, -0.15) is 5.26 Å². The molecule has 2 unspecified atom stereocenters. The molecule has 0 N–H and O–H groups in total. The highest BCUT2D eigenvalue weighted by atomic mass is 16.2. The monoisotopic (exact) mass is 254 g/mol. The van der Waals surface area contributed by atoms with Crippen molar-refractivity contribution in [2.24, 2.45) is 17.8 Å². The van der Waals surface area contributed by atoms with Gasteiger partial charge in [-0.15, -0.1) is 0 Å². The molecule has 0 aromatic heterocycles. The average molecular weight is 254 g/mol. The van der Waals surface area contributed by atoms with Gasteiger partial charge in [0.2, 0.25) is 5.91 Å². The summed E-state index contributed by atoms with van der Waals surface area (Å²) < 4.78 is 0. The second-order valence-corrected chi connectivity index (χ2v) is 5.70. The smallest absolute Gasteiger partial charge is 0.230 e. The fraction of sp³-hybridized carbons (Fsp3) is 0.500. The maximum absolute atomic E-state index is 12.5. The number of rotatable bonds is 2. The highest BCUT2D eigenvalue weighted by molar-refractivity contribution is 5.96. The molecular weight excluding hydrogens is 236 g/mol. The standard InChI is InChI=1S/C16H18N2O/c1-18(12-6-4-5-11(9-12)10-17)16(19)15-13-7-2-3-8-14(13)15/h4-6,9,13-15H,2-3,7-8H2,1H3. The molecular formula is C16H18N2O. The number of carbonyl (C=O) groups is 1. The Morgan fingerprint density at radius 2 is 2.00 bits per heavy atom. The van der Waals surface area contributed by atoms with Crippen LogP contribution in [0.15, 0.2) is 24.3 Å². The van der Waals surface area contributed by atoms with Crippen LogP contribution in [0.1, 0.15) is 31.2 Å². The molecule has 0 spiro atoms. The highest BCUT2D eigenvalue weighted by Crippen LogP contribution is 2.56. The third kappa shape index (κ3) is 2.12. The van der Waals surface area contributed by atoms with E-state index in [0.29, 0.717) is 17.4 Å². The molecule has 2 atom stereocenters. The third-order valence-corrected chi connectivity index (χ3v) is 4.63. The average Bonchev–Trinajstić information content (AvgIpc) is 3.20. The minimum absolute atomic E-state index is 0.229. The lowest BCUT2D eigenvalue weighted by Gasteiger charge is -2.17. The van der Waals surface area contributed by atoms with E-state index in [1.807, 2.05) is 19.2 Å². The van der Waals surface area contributed by atoms with Crippen molar-refractivity contribution < 1.29 is 4.79 Å². The van der Waals surface area contributed by atoms with Crippen molar-refractivity contribution >= 4 is 11.6 Å². The summed E-state index contributed by atoms with van der Waals surface area (Å²) in [5.41, 5.74) is 1.43. The molecule has 1 amide bonds. The summed E-state index contributed by atoms with van der Waals surface area (Å²) in [5.74, 6) is 1.72. The molecule has 3 heteroatoms. The second kappa shape index (κ2) is 4.70. The third-order valence-electron chi connectivity index (χ3n) is 4.63. The number of amides is 1. The molecule has 2 fully saturated rings. The molecule has 98 valence electrons. The number of hydrogen-bond donors (Lipinski definition) is 0. The summed E-state index contributed by atoms with van der Waals surface area (Å²) in [7, 11) is 1.82. The second-order valence-electron chi connectivity index (χ2n) is 5.70. The van der Waals surface area contributed by atoms with Crippen molar-refractivity contribution in [3.63, 3.8) is 0 Å². The first-order valence-electron chi connectivity index (χ1n) is 7.00. The summed E-state index contributed by atoms with van der Waals surface area (Å²) in [5, 5.41) is 8.92. The Labute approximate surface area is 113 Å². The van der Waals surface area contributed by atoms with E-state index in [1.165, 1.54) is 25.7 Å². The predicted octanol–water partition coefficient (Wildman–Crippen LogP) is 2.96. The van der Waals surface area contributed by atoms with Gasteiger partial charge >= 0.3 is 0 Å². The zero-order chi connectivity index (χ0) is 13.4. The van der Waals surface area contributed by atoms with E-state index in [9.17, 15) is 4.79 Å². The molecule has 2 aliphatic rings. The van der Waals surface area contributed by atoms with Crippen LogP contribution in [-0.4, -0.2) is 13.0 Å². The van der Waals surface area contributed by atoms with Gasteiger partial charge in [0.05, 0.1) is 11.6 Å². The van der Waals surface area contributed by atoms with Gasteiger partial charge in [-0.1, -0.05) is 18.9 Å². The number of nitrogens with zero attached hydrogens (tertiary/aromatic N) is 2. The van der Waals surface area contributed by atoms with Crippen LogP contribution in [0.4, 0.5) is 5.69 Å². The molecule has 3 nitrogen and oxygen atoms in total. The number of nitriles is 1. The molecule has 0 radical (unpaired) electrons. The molecule has 0 aliphatic heterocycles. The zero-order valence-corrected chi connectivity index (χ0v) is 11.2. The van der Waals surface area contributed by atoms with Crippen LogP contribution in [0.5, 0.6) is 0 Å². The quantitative estimate of drug-likeness (QED) is 0.814. The van der Waals surface area contributed by atoms with Gasteiger partial charge < -0.3 is 4.90 Å². The molecule has 0 saturated heterocycles. The molecule has 1 aromatic rings. The lowest BCUT2D eigenvalue weighted by molar-refractivity contribution is -0.120. The van der Waals surface area contributed by atoms with Crippen molar-refractivity contribution in [3.05, 3.63) is 29.8 Å². The number of anilines is 1. The largest absolute Gasteiger partial charge is 0.315 e. The lowest BCUT2D eigenvalue weighted by atomic mass is 10.0. The van der Waals surface area contributed by atoms with Crippen molar-refractivity contribution in [2.45, 2.75) is 25.7 Å². The molecule has 2 saturated carbocycles. The zero-order valence-electron chi connectivity index (χ0n) is 11.2. The molecule has 19 heavy (non-hydrogen) atoms. The first kappa shape index (κ1) is 12.2. The Kier molecular flexibility index (Phi) is 3.02. The van der Waals surface area contributed by atoms with Crippen LogP contribution in [-0.2, 0) is 4.79 Å². The Bertz CT molecular complexity index is 534. The van der Waals surface area contributed by atoms with E-state index in [4.69, 9.17) is 5.26 Å². The van der Waals surface area contributed by atoms with E-state index in [-0.39, 0.29) is 11.8 Å². The summed E-state index contributed by atoms with van der Waals surface area (Å²) in [4.78, 5) is 14.2. The summed E-state index contributed by atoms with van der Waals surface area (Å²) in [6.45, 7) is 0. The topological polar surface area (TPSA) is 44.1 Å². The van der Waals surface area contributed by atoms with Gasteiger partial charge in [0, 0.05) is 18.7 Å². The van der Waals surface area contributed by atoms with Gasteiger partial charge in [-0.25, -0.2) is 0 Å². The molecule has 2 aliphatic carbocycles. The van der Waals surface area contributed by atoms with Gasteiger partial charge in [0.15, 0.2) is 0 Å². The van der Waals surface area contributed by atoms with E-state index < -0.39 is 0 Å². The van der Waals surface area contributed by atoms with Gasteiger partial charge in [-0.3, -0.25) is 4.79 Å². The minimum atomic E-state index is 0.229. The van der Waals surface area contributed by atoms with Crippen LogP contribution in [0.3, 0.4) is 0 Å². The van der Waals surface area contributed by atoms with E-state index in [2.05, 4.69) is 6.07 Å². The Morgan fingerprint density at radius 3 is 2.63 bits per heavy atom. The minimum Gasteiger partial charge on any atom is -0.315 e. The van der Waals surface area contributed by atoms with Crippen LogP contribution in [0, 0.1) is 29.1 Å². The van der Waals surface area contributed by atoms with Crippen molar-refractivity contribution in [2.75, 3.05) is 11.9 Å². The Balaban J connectivity index is 1.75. The van der Waals surface area contributed by atoms with Crippen molar-refractivity contribution in [1.82, 2.24) is 0 Å². The van der Waals surface area contributed by atoms with Crippen LogP contribution in [0.2, 0.25) is 0 Å². The van der Waals surface area contributed by atoms with E-state index >= 15 is 0 Å². The highest BCUT2D eigenvalue weighted by Gasteiger charge is 2.55. The molecule has 0 heterocycles. The first-order chi connectivity index (χ1) is 9.22. The predicted molar refractivity (Wildman–Crippen MR) is 73.5 cm³/mol. The van der Waals surface area contributed by atoms with E-state index in [0.717, 1.165) is 5.69 Å².